The first-order chi connectivity index (χ1) is 9.02. The minimum atomic E-state index is -1.24. The molecule has 19 heavy (non-hydrogen) atoms. The van der Waals surface area contributed by atoms with Crippen LogP contribution in [0, 0.1) is 0 Å². The van der Waals surface area contributed by atoms with Crippen molar-refractivity contribution in [1.82, 2.24) is 15.0 Å². The number of carboxylic acid groups (broad SMARTS) is 1. The van der Waals surface area contributed by atoms with Crippen molar-refractivity contribution < 1.29 is 19.4 Å². The van der Waals surface area contributed by atoms with Crippen LogP contribution < -0.4 is 11.2 Å². The van der Waals surface area contributed by atoms with E-state index < -0.39 is 17.1 Å². The number of hydrogen-bond donors (Lipinski definition) is 3. The number of hydrogen-bond acceptors (Lipinski definition) is 7. The Morgan fingerprint density at radius 1 is 1.53 bits per heavy atom. The molecule has 0 aromatic carbocycles. The summed E-state index contributed by atoms with van der Waals surface area (Å²) in [5.41, 5.74) is 4.81. The summed E-state index contributed by atoms with van der Waals surface area (Å²) < 4.78 is 6.21. The second-order valence-corrected chi connectivity index (χ2v) is 3.65. The van der Waals surface area contributed by atoms with Gasteiger partial charge in [0.2, 0.25) is 5.43 Å². The number of aromatic nitrogens is 3. The van der Waals surface area contributed by atoms with Crippen LogP contribution in [-0.2, 0) is 13.1 Å². The van der Waals surface area contributed by atoms with Crippen LogP contribution in [0.3, 0.4) is 0 Å². The Kier molecular flexibility index (Phi) is 3.29. The Labute approximate surface area is 105 Å². The van der Waals surface area contributed by atoms with Crippen LogP contribution in [0.5, 0.6) is 5.75 Å². The third kappa shape index (κ3) is 2.45. The van der Waals surface area contributed by atoms with E-state index in [-0.39, 0.29) is 30.2 Å². The van der Waals surface area contributed by atoms with Crippen molar-refractivity contribution >= 4 is 5.97 Å². The van der Waals surface area contributed by atoms with Crippen LogP contribution in [-0.4, -0.2) is 31.2 Å². The highest BCUT2D eigenvalue weighted by Gasteiger charge is 2.18. The van der Waals surface area contributed by atoms with Gasteiger partial charge in [0.25, 0.3) is 0 Å². The van der Waals surface area contributed by atoms with Crippen LogP contribution in [0.15, 0.2) is 21.5 Å². The molecule has 9 heteroatoms. The van der Waals surface area contributed by atoms with Crippen LogP contribution >= 0.6 is 0 Å². The van der Waals surface area contributed by atoms with Crippen molar-refractivity contribution in [2.75, 3.05) is 0 Å². The van der Waals surface area contributed by atoms with Crippen LogP contribution in [0.25, 0.3) is 0 Å². The van der Waals surface area contributed by atoms with Gasteiger partial charge in [-0.2, -0.15) is 0 Å². The summed E-state index contributed by atoms with van der Waals surface area (Å²) in [6, 6.07) is 1.08. The molecule has 0 saturated heterocycles. The second-order valence-electron chi connectivity index (χ2n) is 3.65. The number of nitrogens with zero attached hydrogens (tertiary/aromatic N) is 3. The first-order valence-corrected chi connectivity index (χ1v) is 5.19. The third-order valence-corrected chi connectivity index (χ3v) is 2.41. The normalized spacial score (nSPS) is 10.6. The van der Waals surface area contributed by atoms with E-state index in [9.17, 15) is 9.59 Å². The van der Waals surface area contributed by atoms with E-state index in [4.69, 9.17) is 20.4 Å². The van der Waals surface area contributed by atoms with Gasteiger partial charge in [-0.25, -0.2) is 9.48 Å². The van der Waals surface area contributed by atoms with Crippen LogP contribution in [0.1, 0.15) is 21.9 Å². The van der Waals surface area contributed by atoms with Crippen molar-refractivity contribution in [1.29, 1.82) is 0 Å². The van der Waals surface area contributed by atoms with E-state index in [0.717, 1.165) is 12.3 Å². The van der Waals surface area contributed by atoms with E-state index in [1.54, 1.807) is 0 Å². The van der Waals surface area contributed by atoms with Crippen molar-refractivity contribution in [2.45, 2.75) is 13.1 Å². The highest BCUT2D eigenvalue weighted by molar-refractivity contribution is 5.86. The fourth-order valence-electron chi connectivity index (χ4n) is 1.50. The molecule has 0 bridgehead atoms. The quantitative estimate of drug-likeness (QED) is 0.648. The van der Waals surface area contributed by atoms with Gasteiger partial charge >= 0.3 is 5.97 Å². The zero-order valence-electron chi connectivity index (χ0n) is 9.61. The predicted molar refractivity (Wildman–Crippen MR) is 60.6 cm³/mol. The highest BCUT2D eigenvalue weighted by atomic mass is 16.4. The van der Waals surface area contributed by atoms with E-state index in [2.05, 4.69) is 10.3 Å². The maximum atomic E-state index is 11.2. The van der Waals surface area contributed by atoms with Gasteiger partial charge in [0, 0.05) is 12.6 Å². The van der Waals surface area contributed by atoms with Crippen LogP contribution in [0.2, 0.25) is 0 Å². The van der Waals surface area contributed by atoms with Gasteiger partial charge in [-0.15, -0.1) is 5.10 Å². The summed E-state index contributed by atoms with van der Waals surface area (Å²) in [5, 5.41) is 25.1. The molecule has 0 fully saturated rings. The topological polar surface area (TPSA) is 144 Å². The molecule has 0 unspecified atom stereocenters. The molecule has 2 aromatic heterocycles. The van der Waals surface area contributed by atoms with E-state index in [1.165, 1.54) is 4.68 Å². The highest BCUT2D eigenvalue weighted by Crippen LogP contribution is 2.09. The number of aromatic hydroxyl groups is 1. The van der Waals surface area contributed by atoms with Gasteiger partial charge in [-0.05, 0) is 0 Å². The molecule has 4 N–H and O–H groups in total. The summed E-state index contributed by atoms with van der Waals surface area (Å²) in [4.78, 5) is 22.1. The SMILES string of the molecule is NCc1c(C(=O)O)nnn1Cc1cc(=O)c(O)co1. The van der Waals surface area contributed by atoms with Crippen LogP contribution in [0.4, 0.5) is 0 Å². The summed E-state index contributed by atoms with van der Waals surface area (Å²) >= 11 is 0. The average molecular weight is 266 g/mol. The molecule has 2 heterocycles. The van der Waals surface area contributed by atoms with E-state index >= 15 is 0 Å². The standard InChI is InChI=1S/C10H10N4O5/c11-2-6-9(10(17)18)12-13-14(6)3-5-1-7(15)8(16)4-19-5/h1,4,16H,2-3,11H2,(H,17,18). The van der Waals surface area contributed by atoms with Gasteiger partial charge in [-0.1, -0.05) is 5.21 Å². The molecular formula is C10H10N4O5. The summed E-state index contributed by atoms with van der Waals surface area (Å²) in [5.74, 6) is -1.55. The van der Waals surface area contributed by atoms with Crippen molar-refractivity contribution in [3.63, 3.8) is 0 Å². The minimum Gasteiger partial charge on any atom is -0.502 e. The first kappa shape index (κ1) is 12.8. The molecule has 0 spiro atoms. The summed E-state index contributed by atoms with van der Waals surface area (Å²) in [6.07, 6.45) is 0.898. The molecule has 100 valence electrons. The Hall–Kier alpha value is -2.68. The summed E-state index contributed by atoms with van der Waals surface area (Å²) in [6.45, 7) is -0.0840. The lowest BCUT2D eigenvalue weighted by atomic mass is 10.3. The van der Waals surface area contributed by atoms with Crippen molar-refractivity contribution in [3.05, 3.63) is 39.7 Å². The van der Waals surface area contributed by atoms with Crippen molar-refractivity contribution in [2.24, 2.45) is 5.73 Å². The smallest absolute Gasteiger partial charge is 0.358 e. The molecule has 0 radical (unpaired) electrons. The maximum absolute atomic E-state index is 11.2. The maximum Gasteiger partial charge on any atom is 0.358 e. The monoisotopic (exact) mass is 266 g/mol. The Morgan fingerprint density at radius 2 is 2.26 bits per heavy atom. The largest absolute Gasteiger partial charge is 0.502 e. The molecule has 0 aliphatic heterocycles. The molecule has 9 nitrogen and oxygen atoms in total. The second kappa shape index (κ2) is 4.90. The zero-order valence-corrected chi connectivity index (χ0v) is 9.61. The lowest BCUT2D eigenvalue weighted by molar-refractivity contribution is 0.0689. The number of carboxylic acids is 1. The first-order valence-electron chi connectivity index (χ1n) is 5.19. The van der Waals surface area contributed by atoms with Crippen molar-refractivity contribution in [3.8, 4) is 5.75 Å². The predicted octanol–water partition coefficient (Wildman–Crippen LogP) is -0.858. The van der Waals surface area contributed by atoms with Gasteiger partial charge in [0.05, 0.1) is 5.69 Å². The third-order valence-electron chi connectivity index (χ3n) is 2.41. The van der Waals surface area contributed by atoms with Gasteiger partial charge in [-0.3, -0.25) is 4.79 Å². The number of aromatic carboxylic acids is 1. The number of carbonyl (C=O) groups is 1. The zero-order chi connectivity index (χ0) is 14.0. The van der Waals surface area contributed by atoms with Gasteiger partial charge in [0.1, 0.15) is 18.6 Å². The lowest BCUT2D eigenvalue weighted by Gasteiger charge is -2.04. The number of nitrogens with two attached hydrogens (primary N) is 1. The van der Waals surface area contributed by atoms with E-state index in [1.807, 2.05) is 0 Å². The summed E-state index contributed by atoms with van der Waals surface area (Å²) in [7, 11) is 0. The molecule has 2 aromatic rings. The molecule has 0 saturated carbocycles. The molecule has 0 aliphatic carbocycles. The van der Waals surface area contributed by atoms with E-state index in [0.29, 0.717) is 0 Å². The Morgan fingerprint density at radius 3 is 2.84 bits per heavy atom. The Balaban J connectivity index is 2.35. The number of rotatable bonds is 4. The molecule has 0 atom stereocenters. The molecule has 2 rings (SSSR count). The average Bonchev–Trinajstić information content (AvgIpc) is 2.76. The minimum absolute atomic E-state index is 0.0116. The molecule has 0 amide bonds. The fourth-order valence-corrected chi connectivity index (χ4v) is 1.50. The molecule has 0 aliphatic rings. The van der Waals surface area contributed by atoms with Gasteiger partial charge in [0.15, 0.2) is 11.4 Å². The van der Waals surface area contributed by atoms with Gasteiger partial charge < -0.3 is 20.4 Å². The Bertz CT molecular complexity index is 675. The fraction of sp³-hybridized carbons (Fsp3) is 0.200. The molecular weight excluding hydrogens is 256 g/mol. The lowest BCUT2D eigenvalue weighted by Crippen LogP contribution is -2.14.